The second kappa shape index (κ2) is 7.48. The van der Waals surface area contributed by atoms with Crippen LogP contribution in [0.4, 0.5) is 5.69 Å². The van der Waals surface area contributed by atoms with Crippen molar-refractivity contribution in [3.8, 4) is 11.4 Å². The number of anilines is 1. The van der Waals surface area contributed by atoms with Crippen LogP contribution < -0.4 is 4.90 Å². The van der Waals surface area contributed by atoms with Crippen LogP contribution in [0.25, 0.3) is 11.4 Å². The Morgan fingerprint density at radius 2 is 1.73 bits per heavy atom. The topological polar surface area (TPSA) is 45.4 Å². The normalized spacial score (nSPS) is 15.4. The summed E-state index contributed by atoms with van der Waals surface area (Å²) in [6, 6.07) is 16.1. The molecule has 2 heterocycles. The van der Waals surface area contributed by atoms with E-state index in [-0.39, 0.29) is 0 Å². The molecule has 1 fully saturated rings. The van der Waals surface area contributed by atoms with Crippen molar-refractivity contribution in [2.24, 2.45) is 0 Å². The van der Waals surface area contributed by atoms with Crippen LogP contribution in [0.5, 0.6) is 0 Å². The highest BCUT2D eigenvalue weighted by molar-refractivity contribution is 6.33. The number of aryl methyl sites for hydroxylation is 1. The summed E-state index contributed by atoms with van der Waals surface area (Å²) < 4.78 is 5.47. The zero-order valence-electron chi connectivity index (χ0n) is 14.7. The van der Waals surface area contributed by atoms with Gasteiger partial charge in [0.25, 0.3) is 0 Å². The average molecular weight is 369 g/mol. The number of aromatic nitrogens is 2. The summed E-state index contributed by atoms with van der Waals surface area (Å²) in [5.74, 6) is 1.32. The lowest BCUT2D eigenvalue weighted by atomic mass is 10.1. The van der Waals surface area contributed by atoms with E-state index < -0.39 is 0 Å². The molecule has 0 aliphatic carbocycles. The molecule has 0 atom stereocenters. The molecule has 5 nitrogen and oxygen atoms in total. The summed E-state index contributed by atoms with van der Waals surface area (Å²) >= 11 is 6.31. The van der Waals surface area contributed by atoms with E-state index in [1.165, 1.54) is 0 Å². The van der Waals surface area contributed by atoms with E-state index in [4.69, 9.17) is 16.1 Å². The number of hydrogen-bond acceptors (Lipinski definition) is 5. The van der Waals surface area contributed by atoms with Gasteiger partial charge in [-0.3, -0.25) is 4.90 Å². The number of para-hydroxylation sites is 1. The molecule has 0 N–H and O–H groups in total. The maximum Gasteiger partial charge on any atom is 0.241 e. The van der Waals surface area contributed by atoms with Crippen molar-refractivity contribution >= 4 is 17.3 Å². The molecule has 0 radical (unpaired) electrons. The summed E-state index contributed by atoms with van der Waals surface area (Å²) in [6.07, 6.45) is 0. The Balaban J connectivity index is 1.38. The first kappa shape index (κ1) is 17.1. The highest BCUT2D eigenvalue weighted by Crippen LogP contribution is 2.26. The van der Waals surface area contributed by atoms with Crippen LogP contribution in [-0.2, 0) is 6.54 Å². The van der Waals surface area contributed by atoms with Crippen LogP contribution in [0.1, 0.15) is 11.5 Å². The van der Waals surface area contributed by atoms with Gasteiger partial charge in [-0.15, -0.1) is 0 Å². The Hall–Kier alpha value is -2.37. The van der Waals surface area contributed by atoms with Crippen molar-refractivity contribution in [2.45, 2.75) is 13.5 Å². The first-order valence-corrected chi connectivity index (χ1v) is 9.19. The molecule has 2 aromatic carbocycles. The standard InChI is InChI=1S/C20H21ClN4O/c1-15-6-2-3-7-16(15)20-22-19(26-23-20)14-24-10-12-25(13-11-24)18-9-5-4-8-17(18)21/h2-9H,10-14H2,1H3. The molecule has 0 spiro atoms. The number of benzene rings is 2. The van der Waals surface area contributed by atoms with E-state index in [9.17, 15) is 0 Å². The summed E-state index contributed by atoms with van der Waals surface area (Å²) in [7, 11) is 0. The molecule has 4 rings (SSSR count). The summed E-state index contributed by atoms with van der Waals surface area (Å²) in [5.41, 5.74) is 3.27. The van der Waals surface area contributed by atoms with Crippen molar-refractivity contribution in [1.82, 2.24) is 15.0 Å². The van der Waals surface area contributed by atoms with E-state index >= 15 is 0 Å². The Morgan fingerprint density at radius 1 is 1.00 bits per heavy atom. The molecule has 0 amide bonds. The predicted octanol–water partition coefficient (Wildman–Crippen LogP) is 4.02. The maximum atomic E-state index is 6.31. The Labute approximate surface area is 158 Å². The van der Waals surface area contributed by atoms with E-state index in [0.29, 0.717) is 18.3 Å². The fraction of sp³-hybridized carbons (Fsp3) is 0.300. The van der Waals surface area contributed by atoms with Gasteiger partial charge in [-0.05, 0) is 24.6 Å². The molecular weight excluding hydrogens is 348 g/mol. The van der Waals surface area contributed by atoms with Gasteiger partial charge in [-0.25, -0.2) is 0 Å². The van der Waals surface area contributed by atoms with Gasteiger partial charge in [0.15, 0.2) is 0 Å². The third-order valence-electron chi connectivity index (χ3n) is 4.78. The highest BCUT2D eigenvalue weighted by Gasteiger charge is 2.21. The molecule has 1 aliphatic heterocycles. The Kier molecular flexibility index (Phi) is 4.91. The molecule has 134 valence electrons. The second-order valence-electron chi connectivity index (χ2n) is 6.54. The van der Waals surface area contributed by atoms with Gasteiger partial charge in [0, 0.05) is 31.7 Å². The number of nitrogens with zero attached hydrogens (tertiary/aromatic N) is 4. The summed E-state index contributed by atoms with van der Waals surface area (Å²) in [5, 5.41) is 4.95. The van der Waals surface area contributed by atoms with E-state index in [0.717, 1.165) is 48.0 Å². The van der Waals surface area contributed by atoms with Crippen LogP contribution in [-0.4, -0.2) is 41.2 Å². The summed E-state index contributed by atoms with van der Waals surface area (Å²) in [6.45, 7) is 6.47. The largest absolute Gasteiger partial charge is 0.368 e. The van der Waals surface area contributed by atoms with Crippen molar-refractivity contribution in [2.75, 3.05) is 31.1 Å². The number of rotatable bonds is 4. The van der Waals surface area contributed by atoms with Crippen molar-refractivity contribution in [1.29, 1.82) is 0 Å². The minimum atomic E-state index is 0.660. The highest BCUT2D eigenvalue weighted by atomic mass is 35.5. The maximum absolute atomic E-state index is 6.31. The molecule has 1 saturated heterocycles. The lowest BCUT2D eigenvalue weighted by Crippen LogP contribution is -2.46. The lowest BCUT2D eigenvalue weighted by Gasteiger charge is -2.35. The fourth-order valence-corrected chi connectivity index (χ4v) is 3.55. The monoisotopic (exact) mass is 368 g/mol. The molecule has 3 aromatic rings. The van der Waals surface area contributed by atoms with Gasteiger partial charge in [0.2, 0.25) is 11.7 Å². The predicted molar refractivity (Wildman–Crippen MR) is 103 cm³/mol. The molecule has 6 heteroatoms. The molecule has 1 aromatic heterocycles. The van der Waals surface area contributed by atoms with Gasteiger partial charge < -0.3 is 9.42 Å². The molecule has 0 saturated carbocycles. The number of hydrogen-bond donors (Lipinski definition) is 0. The minimum absolute atomic E-state index is 0.660. The smallest absolute Gasteiger partial charge is 0.241 e. The van der Waals surface area contributed by atoms with Gasteiger partial charge in [0.05, 0.1) is 17.3 Å². The lowest BCUT2D eigenvalue weighted by molar-refractivity contribution is 0.215. The van der Waals surface area contributed by atoms with Crippen molar-refractivity contribution in [3.63, 3.8) is 0 Å². The number of piperazine rings is 1. The van der Waals surface area contributed by atoms with Gasteiger partial charge in [-0.1, -0.05) is 53.2 Å². The zero-order valence-corrected chi connectivity index (χ0v) is 15.5. The fourth-order valence-electron chi connectivity index (χ4n) is 3.30. The van der Waals surface area contributed by atoms with Crippen molar-refractivity contribution < 1.29 is 4.52 Å². The van der Waals surface area contributed by atoms with Gasteiger partial charge in [-0.2, -0.15) is 4.98 Å². The zero-order chi connectivity index (χ0) is 17.9. The van der Waals surface area contributed by atoms with E-state index in [2.05, 4.69) is 39.0 Å². The molecule has 0 unspecified atom stereocenters. The Bertz CT molecular complexity index is 887. The summed E-state index contributed by atoms with van der Waals surface area (Å²) in [4.78, 5) is 9.23. The molecule has 0 bridgehead atoms. The second-order valence-corrected chi connectivity index (χ2v) is 6.95. The first-order valence-electron chi connectivity index (χ1n) is 8.81. The van der Waals surface area contributed by atoms with Crippen LogP contribution in [0.2, 0.25) is 5.02 Å². The Morgan fingerprint density at radius 3 is 2.50 bits per heavy atom. The molecular formula is C20H21ClN4O. The third-order valence-corrected chi connectivity index (χ3v) is 5.10. The minimum Gasteiger partial charge on any atom is -0.368 e. The number of halogens is 1. The van der Waals surface area contributed by atoms with E-state index in [1.807, 2.05) is 36.4 Å². The molecule has 1 aliphatic rings. The third kappa shape index (κ3) is 3.59. The SMILES string of the molecule is Cc1ccccc1-c1noc(CN2CCN(c3ccccc3Cl)CC2)n1. The van der Waals surface area contributed by atoms with Crippen LogP contribution >= 0.6 is 11.6 Å². The van der Waals surface area contributed by atoms with Crippen molar-refractivity contribution in [3.05, 3.63) is 65.0 Å². The van der Waals surface area contributed by atoms with E-state index in [1.54, 1.807) is 0 Å². The average Bonchev–Trinajstić information content (AvgIpc) is 3.11. The van der Waals surface area contributed by atoms with Crippen LogP contribution in [0, 0.1) is 6.92 Å². The van der Waals surface area contributed by atoms with Gasteiger partial charge >= 0.3 is 0 Å². The van der Waals surface area contributed by atoms with Crippen LogP contribution in [0.15, 0.2) is 53.1 Å². The molecule has 26 heavy (non-hydrogen) atoms. The van der Waals surface area contributed by atoms with Crippen LogP contribution in [0.3, 0.4) is 0 Å². The quantitative estimate of drug-likeness (QED) is 0.696. The van der Waals surface area contributed by atoms with Gasteiger partial charge in [0.1, 0.15) is 0 Å². The first-order chi connectivity index (χ1) is 12.7.